The van der Waals surface area contributed by atoms with E-state index in [-0.39, 0.29) is 11.6 Å². The van der Waals surface area contributed by atoms with Gasteiger partial charge in [-0.25, -0.2) is 15.0 Å². The molecule has 1 unspecified atom stereocenters. The van der Waals surface area contributed by atoms with Gasteiger partial charge in [0.25, 0.3) is 0 Å². The van der Waals surface area contributed by atoms with E-state index >= 15 is 0 Å². The number of rotatable bonds is 5. The van der Waals surface area contributed by atoms with E-state index in [0.29, 0.717) is 0 Å². The van der Waals surface area contributed by atoms with Crippen LogP contribution in [0.5, 0.6) is 0 Å². The van der Waals surface area contributed by atoms with Crippen LogP contribution in [-0.2, 0) is 12.5 Å². The predicted octanol–water partition coefficient (Wildman–Crippen LogP) is 9.71. The van der Waals surface area contributed by atoms with Crippen molar-refractivity contribution >= 4 is 22.7 Å². The lowest BCUT2D eigenvalue weighted by Gasteiger charge is -2.25. The number of aryl methyl sites for hydroxylation is 1. The highest BCUT2D eigenvalue weighted by Crippen LogP contribution is 2.50. The first kappa shape index (κ1) is 29.1. The van der Waals surface area contributed by atoms with E-state index in [4.69, 9.17) is 15.0 Å². The average Bonchev–Trinajstić information content (AvgIpc) is 3.62. The third-order valence-electron chi connectivity index (χ3n) is 10.1. The Bertz CT molecular complexity index is 2450. The molecule has 1 aliphatic heterocycles. The smallest absolute Gasteiger partial charge is 0.160 e. The molecule has 0 saturated carbocycles. The lowest BCUT2D eigenvalue weighted by molar-refractivity contribution is 0.660. The number of benzene rings is 6. The third-order valence-corrected chi connectivity index (χ3v) is 10.1. The minimum Gasteiger partial charge on any atom is -0.344 e. The maximum absolute atomic E-state index is 5.34. The molecule has 2 aliphatic rings. The number of hydrogen-bond acceptors (Lipinski definition) is 4. The minimum absolute atomic E-state index is 0.114. The number of nitrogens with one attached hydrogen (secondary N) is 1. The predicted molar refractivity (Wildman–Crippen MR) is 201 cm³/mol. The Hall–Kier alpha value is -6.07. The second-order valence-corrected chi connectivity index (χ2v) is 13.4. The van der Waals surface area contributed by atoms with Gasteiger partial charge in [0.1, 0.15) is 17.8 Å². The molecule has 1 aromatic heterocycles. The van der Waals surface area contributed by atoms with Crippen molar-refractivity contribution in [3.8, 4) is 33.6 Å². The second kappa shape index (κ2) is 11.3. The number of para-hydroxylation sites is 2. The number of nitrogens with zero attached hydrogens (tertiary/aromatic N) is 4. The van der Waals surface area contributed by atoms with E-state index in [1.165, 1.54) is 27.8 Å². The highest BCUT2D eigenvalue weighted by atomic mass is 15.2. The van der Waals surface area contributed by atoms with E-state index in [1.54, 1.807) is 0 Å². The summed E-state index contributed by atoms with van der Waals surface area (Å²) in [5, 5.41) is 3.70. The molecule has 5 nitrogen and oxygen atoms in total. The quantitative estimate of drug-likeness (QED) is 0.205. The van der Waals surface area contributed by atoms with Crippen LogP contribution in [0.15, 0.2) is 156 Å². The summed E-state index contributed by atoms with van der Waals surface area (Å²) in [5.41, 5.74) is 13.6. The van der Waals surface area contributed by atoms with Crippen LogP contribution in [0.4, 0.5) is 0 Å². The Balaban J connectivity index is 1.17. The molecule has 1 N–H and O–H groups in total. The van der Waals surface area contributed by atoms with Crippen LogP contribution < -0.4 is 5.32 Å². The highest BCUT2D eigenvalue weighted by molar-refractivity contribution is 6.16. The summed E-state index contributed by atoms with van der Waals surface area (Å²) in [6, 6.07) is 51.3. The molecule has 1 atom stereocenters. The Labute approximate surface area is 286 Å². The van der Waals surface area contributed by atoms with Crippen molar-refractivity contribution in [3.63, 3.8) is 0 Å². The van der Waals surface area contributed by atoms with Crippen molar-refractivity contribution in [2.45, 2.75) is 25.4 Å². The van der Waals surface area contributed by atoms with Crippen molar-refractivity contribution in [1.82, 2.24) is 14.9 Å². The fourth-order valence-corrected chi connectivity index (χ4v) is 7.53. The van der Waals surface area contributed by atoms with Gasteiger partial charge < -0.3 is 9.88 Å². The summed E-state index contributed by atoms with van der Waals surface area (Å²) in [4.78, 5) is 15.5. The maximum atomic E-state index is 5.34. The second-order valence-electron chi connectivity index (χ2n) is 13.4. The van der Waals surface area contributed by atoms with Crippen molar-refractivity contribution in [2.24, 2.45) is 17.0 Å². The number of amidine groups is 2. The van der Waals surface area contributed by atoms with Crippen molar-refractivity contribution in [1.29, 1.82) is 0 Å². The molecule has 0 saturated heterocycles. The molecular weight excluding hydrogens is 599 g/mol. The van der Waals surface area contributed by atoms with Gasteiger partial charge in [-0.15, -0.1) is 0 Å². The van der Waals surface area contributed by atoms with Gasteiger partial charge in [-0.3, -0.25) is 0 Å². The summed E-state index contributed by atoms with van der Waals surface area (Å²) in [7, 11) is 2.07. The topological polar surface area (TPSA) is 54.6 Å². The van der Waals surface area contributed by atoms with E-state index < -0.39 is 0 Å². The number of aromatic nitrogens is 2. The molecule has 0 radical (unpaired) electrons. The van der Waals surface area contributed by atoms with Gasteiger partial charge in [0, 0.05) is 29.2 Å². The van der Waals surface area contributed by atoms with Crippen LogP contribution >= 0.6 is 0 Å². The van der Waals surface area contributed by atoms with Gasteiger partial charge in [-0.1, -0.05) is 141 Å². The normalized spacial score (nSPS) is 16.0. The average molecular weight is 634 g/mol. The van der Waals surface area contributed by atoms with Crippen molar-refractivity contribution in [2.75, 3.05) is 0 Å². The summed E-state index contributed by atoms with van der Waals surface area (Å²) in [6.07, 6.45) is -0.328. The summed E-state index contributed by atoms with van der Waals surface area (Å²) in [6.45, 7) is 4.62. The fourth-order valence-electron chi connectivity index (χ4n) is 7.53. The molecule has 6 aromatic carbocycles. The van der Waals surface area contributed by atoms with Crippen molar-refractivity contribution in [3.05, 3.63) is 173 Å². The Kier molecular flexibility index (Phi) is 6.70. The zero-order chi connectivity index (χ0) is 33.1. The first-order chi connectivity index (χ1) is 24.0. The lowest BCUT2D eigenvalue weighted by atomic mass is 9.82. The van der Waals surface area contributed by atoms with Gasteiger partial charge in [0.05, 0.1) is 11.0 Å². The van der Waals surface area contributed by atoms with Crippen LogP contribution in [0.1, 0.15) is 47.8 Å². The van der Waals surface area contributed by atoms with Gasteiger partial charge in [0.15, 0.2) is 5.84 Å². The first-order valence-corrected chi connectivity index (χ1v) is 16.8. The monoisotopic (exact) mass is 633 g/mol. The van der Waals surface area contributed by atoms with E-state index in [1.807, 2.05) is 6.07 Å². The molecule has 7 aromatic rings. The minimum atomic E-state index is -0.328. The summed E-state index contributed by atoms with van der Waals surface area (Å²) < 4.78 is 2.15. The third kappa shape index (κ3) is 4.81. The maximum Gasteiger partial charge on any atom is 0.160 e. The van der Waals surface area contributed by atoms with Gasteiger partial charge in [-0.05, 0) is 57.1 Å². The highest BCUT2D eigenvalue weighted by Gasteiger charge is 2.37. The van der Waals surface area contributed by atoms with Crippen LogP contribution in [0.3, 0.4) is 0 Å². The molecule has 9 rings (SSSR count). The molecule has 2 heterocycles. The van der Waals surface area contributed by atoms with E-state index in [9.17, 15) is 0 Å². The Morgan fingerprint density at radius 1 is 0.612 bits per heavy atom. The lowest BCUT2D eigenvalue weighted by Crippen LogP contribution is -2.33. The summed E-state index contributed by atoms with van der Waals surface area (Å²) >= 11 is 0. The fraction of sp³-hybridized carbons (Fsp3) is 0.114. The Morgan fingerprint density at radius 3 is 2.12 bits per heavy atom. The van der Waals surface area contributed by atoms with Crippen LogP contribution in [0, 0.1) is 0 Å². The van der Waals surface area contributed by atoms with Gasteiger partial charge in [-0.2, -0.15) is 0 Å². The largest absolute Gasteiger partial charge is 0.344 e. The van der Waals surface area contributed by atoms with Crippen LogP contribution in [0.25, 0.3) is 44.7 Å². The summed E-state index contributed by atoms with van der Waals surface area (Å²) in [5.74, 6) is 2.46. The van der Waals surface area contributed by atoms with Crippen molar-refractivity contribution < 1.29 is 0 Å². The SMILES string of the molecule is Cn1c(-c2ccc(C3=NC(c4cccc5c4-c4ccccc4C5(C)C)=NC(c4cccc(-c5ccccc5)c4)N3)cc2)nc2ccccc21. The van der Waals surface area contributed by atoms with Crippen LogP contribution in [0.2, 0.25) is 0 Å². The molecular formula is C44H35N5. The molecule has 0 bridgehead atoms. The van der Waals surface area contributed by atoms with Crippen LogP contribution in [-0.4, -0.2) is 21.2 Å². The zero-order valence-corrected chi connectivity index (χ0v) is 27.7. The first-order valence-electron chi connectivity index (χ1n) is 16.8. The number of fused-ring (bicyclic) bond motifs is 4. The Morgan fingerprint density at radius 2 is 1.29 bits per heavy atom. The molecule has 0 fully saturated rings. The molecule has 0 amide bonds. The number of imidazole rings is 1. The number of aliphatic imine (C=N–C) groups is 2. The van der Waals surface area contributed by atoms with Gasteiger partial charge >= 0.3 is 0 Å². The number of hydrogen-bond donors (Lipinski definition) is 1. The molecule has 1 aliphatic carbocycles. The zero-order valence-electron chi connectivity index (χ0n) is 27.7. The van der Waals surface area contributed by atoms with E-state index in [2.05, 4.69) is 170 Å². The molecule has 236 valence electrons. The van der Waals surface area contributed by atoms with Gasteiger partial charge in [0.2, 0.25) is 0 Å². The standard InChI is InChI=1S/C44H35N5/c1-44(2)35-19-8-7-17-33(35)39-34(18-12-20-36(39)44)42-47-40(46-41(48-42)32-16-11-15-31(27-32)28-13-5-4-6-14-28)29-23-25-30(26-24-29)43-45-37-21-9-10-22-38(37)49(43)3/h4-27,41H,1-3H3,(H,46,47,48). The molecule has 5 heteroatoms. The van der Waals surface area contributed by atoms with E-state index in [0.717, 1.165) is 56.3 Å². The molecule has 0 spiro atoms. The molecule has 49 heavy (non-hydrogen) atoms.